The summed E-state index contributed by atoms with van der Waals surface area (Å²) in [4.78, 5) is 16.8. The van der Waals surface area contributed by atoms with Crippen molar-refractivity contribution in [1.82, 2.24) is 9.21 Å². The van der Waals surface area contributed by atoms with E-state index in [1.54, 1.807) is 0 Å². The van der Waals surface area contributed by atoms with Crippen LogP contribution in [0.5, 0.6) is 5.75 Å². The van der Waals surface area contributed by atoms with E-state index in [2.05, 4.69) is 28.0 Å². The molecule has 1 atom stereocenters. The number of anilines is 1. The molecule has 0 spiro atoms. The summed E-state index contributed by atoms with van der Waals surface area (Å²) in [6.07, 6.45) is 2.34. The van der Waals surface area contributed by atoms with Gasteiger partial charge in [0.15, 0.2) is 5.78 Å². The van der Waals surface area contributed by atoms with Crippen molar-refractivity contribution in [2.24, 2.45) is 0 Å². The standard InChI is InChI=1S/C26H35N3O5S/c1-35(32,33)29-16-14-28(15-17-29)25-8-4-5-9-26(25)34-20-24(31)11-10-23(30)19-27-13-12-21-6-2-3-7-22(21)18-27/h2-9,23,30H,10-20H2,1H3. The number of fused-ring (bicyclic) bond motifs is 1. The Bertz CT molecular complexity index is 1120. The van der Waals surface area contributed by atoms with Gasteiger partial charge in [0.25, 0.3) is 0 Å². The molecule has 2 heterocycles. The van der Waals surface area contributed by atoms with E-state index < -0.39 is 16.1 Å². The summed E-state index contributed by atoms with van der Waals surface area (Å²) in [5.74, 6) is 0.561. The van der Waals surface area contributed by atoms with Crippen LogP contribution in [0.15, 0.2) is 48.5 Å². The average Bonchev–Trinajstić information content (AvgIpc) is 2.86. The van der Waals surface area contributed by atoms with Crippen LogP contribution in [0.25, 0.3) is 0 Å². The van der Waals surface area contributed by atoms with Crippen LogP contribution in [-0.4, -0.2) is 86.7 Å². The summed E-state index contributed by atoms with van der Waals surface area (Å²) in [5.41, 5.74) is 3.55. The Balaban J connectivity index is 1.22. The maximum atomic E-state index is 12.5. The molecule has 2 aliphatic heterocycles. The van der Waals surface area contributed by atoms with Gasteiger partial charge in [0.1, 0.15) is 12.4 Å². The smallest absolute Gasteiger partial charge is 0.211 e. The lowest BCUT2D eigenvalue weighted by Gasteiger charge is -2.35. The molecule has 190 valence electrons. The first-order valence-electron chi connectivity index (χ1n) is 12.2. The van der Waals surface area contributed by atoms with E-state index >= 15 is 0 Å². The SMILES string of the molecule is CS(=O)(=O)N1CCN(c2ccccc2OCC(=O)CCC(O)CN2CCc3ccccc3C2)CC1. The number of hydrogen-bond donors (Lipinski definition) is 1. The molecule has 9 heteroatoms. The van der Waals surface area contributed by atoms with Crippen molar-refractivity contribution in [3.05, 3.63) is 59.7 Å². The Morgan fingerprint density at radius 3 is 2.43 bits per heavy atom. The predicted octanol–water partition coefficient (Wildman–Crippen LogP) is 1.92. The highest BCUT2D eigenvalue weighted by atomic mass is 32.2. The van der Waals surface area contributed by atoms with Crippen LogP contribution in [0.4, 0.5) is 5.69 Å². The van der Waals surface area contributed by atoms with Crippen LogP contribution < -0.4 is 9.64 Å². The largest absolute Gasteiger partial charge is 0.484 e. The summed E-state index contributed by atoms with van der Waals surface area (Å²) in [7, 11) is -3.19. The third-order valence-corrected chi connectivity index (χ3v) is 8.04. The van der Waals surface area contributed by atoms with E-state index in [0.717, 1.165) is 25.2 Å². The number of carbonyl (C=O) groups excluding carboxylic acids is 1. The van der Waals surface area contributed by atoms with E-state index in [0.29, 0.717) is 44.9 Å². The molecule has 0 radical (unpaired) electrons. The van der Waals surface area contributed by atoms with Gasteiger partial charge in [-0.2, -0.15) is 4.31 Å². The Kier molecular flexibility index (Phi) is 8.43. The van der Waals surface area contributed by atoms with Crippen LogP contribution in [-0.2, 0) is 27.8 Å². The quantitative estimate of drug-likeness (QED) is 0.532. The molecule has 8 nitrogen and oxygen atoms in total. The van der Waals surface area contributed by atoms with E-state index in [1.807, 2.05) is 30.3 Å². The van der Waals surface area contributed by atoms with Crippen LogP contribution in [0.1, 0.15) is 24.0 Å². The van der Waals surface area contributed by atoms with Crippen molar-refractivity contribution in [3.8, 4) is 5.75 Å². The zero-order valence-electron chi connectivity index (χ0n) is 20.3. The van der Waals surface area contributed by atoms with Crippen molar-refractivity contribution in [2.75, 3.05) is 57.0 Å². The zero-order valence-corrected chi connectivity index (χ0v) is 21.1. The van der Waals surface area contributed by atoms with Gasteiger partial charge in [-0.25, -0.2) is 8.42 Å². The Morgan fingerprint density at radius 2 is 1.69 bits per heavy atom. The first-order valence-corrected chi connectivity index (χ1v) is 14.1. The van der Waals surface area contributed by atoms with Gasteiger partial charge in [-0.15, -0.1) is 0 Å². The lowest BCUT2D eigenvalue weighted by atomic mass is 9.99. The molecule has 0 saturated carbocycles. The molecular formula is C26H35N3O5S. The molecule has 2 aromatic carbocycles. The monoisotopic (exact) mass is 501 g/mol. The molecule has 4 rings (SSSR count). The first kappa shape index (κ1) is 25.6. The summed E-state index contributed by atoms with van der Waals surface area (Å²) in [5, 5.41) is 10.5. The van der Waals surface area contributed by atoms with E-state index in [9.17, 15) is 18.3 Å². The molecule has 0 aliphatic carbocycles. The molecule has 2 aromatic rings. The number of carbonyl (C=O) groups is 1. The van der Waals surface area contributed by atoms with Gasteiger partial charge in [0.2, 0.25) is 10.0 Å². The highest BCUT2D eigenvalue weighted by Crippen LogP contribution is 2.29. The lowest BCUT2D eigenvalue weighted by molar-refractivity contribution is -0.121. The average molecular weight is 502 g/mol. The Morgan fingerprint density at radius 1 is 1.00 bits per heavy atom. The van der Waals surface area contributed by atoms with Gasteiger partial charge in [-0.05, 0) is 36.1 Å². The number of β-amino-alcohol motifs (C(OH)–C–C–N with tert-alkyl or cyclic N) is 1. The van der Waals surface area contributed by atoms with Crippen LogP contribution in [0.2, 0.25) is 0 Å². The number of benzene rings is 2. The molecule has 1 unspecified atom stereocenters. The molecule has 0 aromatic heterocycles. The summed E-state index contributed by atoms with van der Waals surface area (Å²) >= 11 is 0. The van der Waals surface area contributed by atoms with Crippen molar-refractivity contribution >= 4 is 21.5 Å². The van der Waals surface area contributed by atoms with Crippen LogP contribution >= 0.6 is 0 Å². The van der Waals surface area contributed by atoms with Gasteiger partial charge in [0, 0.05) is 52.2 Å². The second-order valence-corrected chi connectivity index (χ2v) is 11.4. The Hall–Kier alpha value is -2.46. The van der Waals surface area contributed by atoms with E-state index in [4.69, 9.17) is 4.74 Å². The van der Waals surface area contributed by atoms with Gasteiger partial charge in [-0.1, -0.05) is 36.4 Å². The number of nitrogens with zero attached hydrogens (tertiary/aromatic N) is 3. The maximum Gasteiger partial charge on any atom is 0.211 e. The number of ketones is 1. The lowest BCUT2D eigenvalue weighted by Crippen LogP contribution is -2.48. The first-order chi connectivity index (χ1) is 16.8. The Labute approximate surface area is 208 Å². The topological polar surface area (TPSA) is 90.4 Å². The molecule has 0 amide bonds. The summed E-state index contributed by atoms with van der Waals surface area (Å²) in [6, 6.07) is 15.9. The van der Waals surface area contributed by atoms with Gasteiger partial charge in [-0.3, -0.25) is 9.69 Å². The maximum absolute atomic E-state index is 12.5. The number of rotatable bonds is 10. The molecule has 2 aliphatic rings. The second-order valence-electron chi connectivity index (χ2n) is 9.39. The van der Waals surface area contributed by atoms with Crippen LogP contribution in [0, 0.1) is 0 Å². The minimum absolute atomic E-state index is 0.0512. The van der Waals surface area contributed by atoms with Crippen molar-refractivity contribution in [3.63, 3.8) is 0 Å². The molecule has 1 fully saturated rings. The van der Waals surface area contributed by atoms with Gasteiger partial charge >= 0.3 is 0 Å². The number of Topliss-reactive ketones (excluding diaryl/α,β-unsaturated/α-hetero) is 1. The van der Waals surface area contributed by atoms with E-state index in [1.165, 1.54) is 21.7 Å². The van der Waals surface area contributed by atoms with Crippen molar-refractivity contribution in [1.29, 1.82) is 0 Å². The highest BCUT2D eigenvalue weighted by molar-refractivity contribution is 7.88. The fourth-order valence-electron chi connectivity index (χ4n) is 4.76. The summed E-state index contributed by atoms with van der Waals surface area (Å²) in [6.45, 7) is 4.23. The molecule has 1 N–H and O–H groups in total. The number of aliphatic hydroxyl groups excluding tert-OH is 1. The number of ether oxygens (including phenoxy) is 1. The fourth-order valence-corrected chi connectivity index (χ4v) is 5.59. The number of hydrogen-bond acceptors (Lipinski definition) is 7. The van der Waals surface area contributed by atoms with Gasteiger partial charge < -0.3 is 14.7 Å². The third-order valence-electron chi connectivity index (χ3n) is 6.74. The fraction of sp³-hybridized carbons (Fsp3) is 0.500. The molecule has 0 bridgehead atoms. The normalized spacial score (nSPS) is 18.2. The van der Waals surface area contributed by atoms with E-state index in [-0.39, 0.29) is 18.8 Å². The molecular weight excluding hydrogens is 466 g/mol. The molecule has 35 heavy (non-hydrogen) atoms. The highest BCUT2D eigenvalue weighted by Gasteiger charge is 2.25. The second kappa shape index (κ2) is 11.5. The predicted molar refractivity (Wildman–Crippen MR) is 136 cm³/mol. The number of para-hydroxylation sites is 2. The third kappa shape index (κ3) is 7.04. The zero-order chi connectivity index (χ0) is 24.8. The number of sulfonamides is 1. The summed E-state index contributed by atoms with van der Waals surface area (Å²) < 4.78 is 30.9. The van der Waals surface area contributed by atoms with Gasteiger partial charge in [0.05, 0.1) is 18.0 Å². The minimum Gasteiger partial charge on any atom is -0.484 e. The van der Waals surface area contributed by atoms with Crippen LogP contribution in [0.3, 0.4) is 0 Å². The minimum atomic E-state index is -3.19. The van der Waals surface area contributed by atoms with Crippen molar-refractivity contribution in [2.45, 2.75) is 31.9 Å². The molecule has 1 saturated heterocycles. The number of piperazine rings is 1. The van der Waals surface area contributed by atoms with Crippen molar-refractivity contribution < 1.29 is 23.1 Å². The number of aliphatic hydroxyl groups is 1.